The predicted octanol–water partition coefficient (Wildman–Crippen LogP) is 1.31. The first-order valence-electron chi connectivity index (χ1n) is 1.20. The standard InChI is InChI=1S/C2H4I.Zn/c1-2-3;/h2H,1H3;. The van der Waals surface area contributed by atoms with E-state index < -0.39 is 0 Å². The summed E-state index contributed by atoms with van der Waals surface area (Å²) < 4.78 is 0.928. The molecule has 0 saturated carbocycles. The van der Waals surface area contributed by atoms with Crippen LogP contribution in [-0.2, 0) is 18.3 Å². The summed E-state index contributed by atoms with van der Waals surface area (Å²) in [6.07, 6.45) is 0. The van der Waals surface area contributed by atoms with E-state index in [0.29, 0.717) is 0 Å². The van der Waals surface area contributed by atoms with Gasteiger partial charge < -0.3 is 0 Å². The zero-order chi connectivity index (χ0) is 3.58. The number of halogens is 1. The Balaban J connectivity index is 2.32. The zero-order valence-corrected chi connectivity index (χ0v) is 7.79. The Morgan fingerprint density at radius 1 is 2.00 bits per heavy atom. The van der Waals surface area contributed by atoms with Crippen LogP contribution in [0.4, 0.5) is 0 Å². The Kier molecular flexibility index (Phi) is 3.46. The molecule has 0 aromatic carbocycles. The van der Waals surface area contributed by atoms with Gasteiger partial charge in [-0.2, -0.15) is 0 Å². The second-order valence-electron chi connectivity index (χ2n) is 0.781. The number of alkyl halides is 1. The topological polar surface area (TPSA) is 0 Å². The molecule has 0 rings (SSSR count). The van der Waals surface area contributed by atoms with Gasteiger partial charge in [0.15, 0.2) is 0 Å². The molecule has 4 heavy (non-hydrogen) atoms. The van der Waals surface area contributed by atoms with Crippen LogP contribution in [-0.4, -0.2) is 2.52 Å². The molecule has 0 fully saturated rings. The van der Waals surface area contributed by atoms with Gasteiger partial charge in [-0.05, 0) is 0 Å². The Bertz CT molecular complexity index is 10.8. The zero-order valence-electron chi connectivity index (χ0n) is 2.66. The van der Waals surface area contributed by atoms with E-state index in [1.807, 2.05) is 0 Å². The normalized spacial score (nSPS) is 16.0. The quantitative estimate of drug-likeness (QED) is 0.328. The Labute approximate surface area is 50.2 Å². The molecular formula is C2H4IZn. The fourth-order valence-electron chi connectivity index (χ4n) is 0. The number of hydrogen-bond donors (Lipinski definition) is 0. The van der Waals surface area contributed by atoms with Crippen molar-refractivity contribution in [2.75, 3.05) is 0 Å². The molecule has 0 spiro atoms. The summed E-state index contributed by atoms with van der Waals surface area (Å²) >= 11 is 3.82. The summed E-state index contributed by atoms with van der Waals surface area (Å²) in [4.78, 5) is 0. The third-order valence-electron chi connectivity index (χ3n) is 0. The van der Waals surface area contributed by atoms with E-state index >= 15 is 0 Å². The molecular weight excluding hydrogens is 216 g/mol. The average molecular weight is 220 g/mol. The van der Waals surface area contributed by atoms with Crippen molar-refractivity contribution in [3.63, 3.8) is 0 Å². The van der Waals surface area contributed by atoms with Crippen LogP contribution in [0.5, 0.6) is 0 Å². The molecule has 21 valence electrons. The second kappa shape index (κ2) is 2.58. The Morgan fingerprint density at radius 2 is 2.00 bits per heavy atom. The van der Waals surface area contributed by atoms with E-state index in [9.17, 15) is 0 Å². The molecule has 0 aromatic rings. The maximum absolute atomic E-state index is 2.40. The van der Waals surface area contributed by atoms with Crippen molar-refractivity contribution >= 4 is 22.6 Å². The molecule has 0 aliphatic carbocycles. The fraction of sp³-hybridized carbons (Fsp3) is 1.00. The maximum atomic E-state index is 2.40. The number of hydrogen-bond acceptors (Lipinski definition) is 0. The van der Waals surface area contributed by atoms with Gasteiger partial charge in [-0.3, -0.25) is 0 Å². The molecule has 0 nitrogen and oxygen atoms in total. The van der Waals surface area contributed by atoms with Crippen LogP contribution < -0.4 is 0 Å². The minimum absolute atomic E-state index is 0.928. The summed E-state index contributed by atoms with van der Waals surface area (Å²) in [7, 11) is 0. The van der Waals surface area contributed by atoms with Crippen molar-refractivity contribution < 1.29 is 18.3 Å². The van der Waals surface area contributed by atoms with Crippen LogP contribution in [0.3, 0.4) is 0 Å². The molecule has 1 unspecified atom stereocenters. The van der Waals surface area contributed by atoms with Crippen molar-refractivity contribution in [3.05, 3.63) is 0 Å². The average Bonchev–Trinajstić information content (AvgIpc) is 0.811. The molecule has 0 N–H and O–H groups in total. The summed E-state index contributed by atoms with van der Waals surface area (Å²) in [6, 6.07) is 0. The predicted molar refractivity (Wildman–Crippen MR) is 23.5 cm³/mol. The van der Waals surface area contributed by atoms with E-state index in [4.69, 9.17) is 0 Å². The van der Waals surface area contributed by atoms with Gasteiger partial charge >= 0.3 is 50.3 Å². The van der Waals surface area contributed by atoms with Gasteiger partial charge in [0, 0.05) is 0 Å². The summed E-state index contributed by atoms with van der Waals surface area (Å²) in [5.41, 5.74) is 0. The third kappa shape index (κ3) is 10.1. The van der Waals surface area contributed by atoms with Crippen LogP contribution in [0, 0.1) is 0 Å². The van der Waals surface area contributed by atoms with Crippen molar-refractivity contribution in [1.29, 1.82) is 0 Å². The Morgan fingerprint density at radius 3 is 2.00 bits per heavy atom. The minimum atomic E-state index is 0.928. The molecule has 0 radical (unpaired) electrons. The van der Waals surface area contributed by atoms with Gasteiger partial charge in [0.25, 0.3) is 0 Å². The Hall–Kier alpha value is 1.35. The molecule has 0 aromatic heterocycles. The van der Waals surface area contributed by atoms with Gasteiger partial charge in [-0.15, -0.1) is 0 Å². The molecule has 0 aliphatic rings. The third-order valence-corrected chi connectivity index (χ3v) is 0. The van der Waals surface area contributed by atoms with Gasteiger partial charge in [0.1, 0.15) is 0 Å². The molecule has 0 aliphatic heterocycles. The van der Waals surface area contributed by atoms with E-state index in [1.165, 1.54) is 18.3 Å². The molecule has 0 saturated heterocycles. The van der Waals surface area contributed by atoms with Crippen LogP contribution in [0.25, 0.3) is 0 Å². The molecule has 2 heteroatoms. The van der Waals surface area contributed by atoms with Crippen molar-refractivity contribution in [2.24, 2.45) is 0 Å². The van der Waals surface area contributed by atoms with E-state index in [-0.39, 0.29) is 0 Å². The molecule has 0 bridgehead atoms. The molecule has 1 atom stereocenters. The SMILES string of the molecule is C[CH]([Zn])I. The van der Waals surface area contributed by atoms with Crippen molar-refractivity contribution in [1.82, 2.24) is 0 Å². The fourth-order valence-corrected chi connectivity index (χ4v) is 0. The first kappa shape index (κ1) is 5.35. The first-order valence-corrected chi connectivity index (χ1v) is 4.16. The molecule has 0 amide bonds. The monoisotopic (exact) mass is 219 g/mol. The van der Waals surface area contributed by atoms with Crippen LogP contribution in [0.2, 0.25) is 0 Å². The van der Waals surface area contributed by atoms with E-state index in [0.717, 1.165) is 2.52 Å². The van der Waals surface area contributed by atoms with Crippen LogP contribution >= 0.6 is 22.6 Å². The van der Waals surface area contributed by atoms with Gasteiger partial charge in [-0.1, -0.05) is 0 Å². The second-order valence-corrected chi connectivity index (χ2v) is 8.96. The van der Waals surface area contributed by atoms with Gasteiger partial charge in [-0.25, -0.2) is 0 Å². The van der Waals surface area contributed by atoms with Crippen LogP contribution in [0.1, 0.15) is 6.92 Å². The van der Waals surface area contributed by atoms with E-state index in [1.54, 1.807) is 0 Å². The van der Waals surface area contributed by atoms with Gasteiger partial charge in [0.2, 0.25) is 0 Å². The molecule has 0 heterocycles. The van der Waals surface area contributed by atoms with Gasteiger partial charge in [0.05, 0.1) is 0 Å². The van der Waals surface area contributed by atoms with E-state index in [2.05, 4.69) is 29.5 Å². The summed E-state index contributed by atoms with van der Waals surface area (Å²) in [6.45, 7) is 2.21. The van der Waals surface area contributed by atoms with Crippen molar-refractivity contribution in [3.8, 4) is 0 Å². The first-order chi connectivity index (χ1) is 1.73. The van der Waals surface area contributed by atoms with Crippen LogP contribution in [0.15, 0.2) is 0 Å². The number of rotatable bonds is 0. The summed E-state index contributed by atoms with van der Waals surface area (Å²) in [5, 5.41) is 0. The van der Waals surface area contributed by atoms with Crippen molar-refractivity contribution in [2.45, 2.75) is 9.44 Å². The summed E-state index contributed by atoms with van der Waals surface area (Å²) in [5.74, 6) is 0.